The predicted molar refractivity (Wildman–Crippen MR) is 107 cm³/mol. The Balaban J connectivity index is 1.35. The molecule has 1 fully saturated rings. The minimum Gasteiger partial charge on any atom is -0.497 e. The number of hydrogen-bond acceptors (Lipinski definition) is 4. The largest absolute Gasteiger partial charge is 0.497 e. The molecule has 4 rings (SSSR count). The fraction of sp³-hybridized carbons (Fsp3) is 0.318. The number of rotatable bonds is 5. The number of amides is 1. The summed E-state index contributed by atoms with van der Waals surface area (Å²) in [5.74, 6) is 2.26. The number of benzene rings is 1. The number of carbonyl (C=O) groups excluding carboxylic acids is 1. The molecule has 0 bridgehead atoms. The first-order valence-electron chi connectivity index (χ1n) is 9.59. The third-order valence-electron chi connectivity index (χ3n) is 5.31. The van der Waals surface area contributed by atoms with Crippen molar-refractivity contribution in [1.82, 2.24) is 19.4 Å². The SMILES string of the molecule is COc1ccc(CC(=O)N2CCC(c3cccc(-n4ccnc4)n3)CC2)cc1. The summed E-state index contributed by atoms with van der Waals surface area (Å²) in [6.45, 7) is 1.55. The summed E-state index contributed by atoms with van der Waals surface area (Å²) in [6, 6.07) is 13.8. The number of imidazole rings is 1. The Kier molecular flexibility index (Phi) is 5.37. The quantitative estimate of drug-likeness (QED) is 0.686. The van der Waals surface area contributed by atoms with Crippen LogP contribution in [0.1, 0.15) is 30.0 Å². The Morgan fingerprint density at radius 2 is 1.93 bits per heavy atom. The number of carbonyl (C=O) groups is 1. The van der Waals surface area contributed by atoms with Gasteiger partial charge in [0.25, 0.3) is 0 Å². The normalized spacial score (nSPS) is 14.8. The number of methoxy groups -OCH3 is 1. The molecule has 1 aromatic carbocycles. The summed E-state index contributed by atoms with van der Waals surface area (Å²) in [6.07, 6.45) is 7.72. The molecule has 1 aliphatic heterocycles. The first-order valence-corrected chi connectivity index (χ1v) is 9.59. The fourth-order valence-electron chi connectivity index (χ4n) is 3.66. The van der Waals surface area contributed by atoms with Crippen molar-refractivity contribution in [3.63, 3.8) is 0 Å². The number of piperidine rings is 1. The van der Waals surface area contributed by atoms with Crippen molar-refractivity contribution in [2.45, 2.75) is 25.2 Å². The Labute approximate surface area is 164 Å². The second kappa shape index (κ2) is 8.25. The van der Waals surface area contributed by atoms with Crippen LogP contribution in [0.25, 0.3) is 5.82 Å². The van der Waals surface area contributed by atoms with Crippen LogP contribution in [0.4, 0.5) is 0 Å². The van der Waals surface area contributed by atoms with Crippen LogP contribution in [0.15, 0.2) is 61.2 Å². The summed E-state index contributed by atoms with van der Waals surface area (Å²) >= 11 is 0. The van der Waals surface area contributed by atoms with Crippen LogP contribution in [0.2, 0.25) is 0 Å². The van der Waals surface area contributed by atoms with Gasteiger partial charge in [-0.3, -0.25) is 9.36 Å². The van der Waals surface area contributed by atoms with Gasteiger partial charge in [0.15, 0.2) is 0 Å². The maximum absolute atomic E-state index is 12.6. The molecule has 3 heterocycles. The molecule has 0 spiro atoms. The maximum atomic E-state index is 12.6. The Hall–Kier alpha value is -3.15. The Morgan fingerprint density at radius 3 is 2.61 bits per heavy atom. The molecule has 0 aliphatic carbocycles. The highest BCUT2D eigenvalue weighted by molar-refractivity contribution is 5.79. The summed E-state index contributed by atoms with van der Waals surface area (Å²) in [5, 5.41) is 0. The average Bonchev–Trinajstić information content (AvgIpc) is 3.29. The van der Waals surface area contributed by atoms with Crippen LogP contribution in [-0.4, -0.2) is 45.5 Å². The molecule has 0 atom stereocenters. The Morgan fingerprint density at radius 1 is 1.14 bits per heavy atom. The van der Waals surface area contributed by atoms with Crippen molar-refractivity contribution in [3.8, 4) is 11.6 Å². The smallest absolute Gasteiger partial charge is 0.226 e. The molecule has 0 saturated carbocycles. The van der Waals surface area contributed by atoms with Crippen molar-refractivity contribution in [2.24, 2.45) is 0 Å². The molecular formula is C22H24N4O2. The van der Waals surface area contributed by atoms with E-state index in [2.05, 4.69) is 11.1 Å². The van der Waals surface area contributed by atoms with E-state index in [1.807, 2.05) is 52.1 Å². The van der Waals surface area contributed by atoms with E-state index in [0.717, 1.165) is 48.8 Å². The minimum absolute atomic E-state index is 0.184. The topological polar surface area (TPSA) is 60.2 Å². The van der Waals surface area contributed by atoms with Crippen molar-refractivity contribution in [1.29, 1.82) is 0 Å². The highest BCUT2D eigenvalue weighted by Crippen LogP contribution is 2.27. The maximum Gasteiger partial charge on any atom is 0.226 e. The van der Waals surface area contributed by atoms with Gasteiger partial charge < -0.3 is 9.64 Å². The van der Waals surface area contributed by atoms with Crippen LogP contribution in [0, 0.1) is 0 Å². The fourth-order valence-corrected chi connectivity index (χ4v) is 3.66. The molecule has 6 nitrogen and oxygen atoms in total. The van der Waals surface area contributed by atoms with Gasteiger partial charge in [0, 0.05) is 37.1 Å². The van der Waals surface area contributed by atoms with Gasteiger partial charge in [0.2, 0.25) is 5.91 Å². The lowest BCUT2D eigenvalue weighted by molar-refractivity contribution is -0.131. The van der Waals surface area contributed by atoms with Crippen LogP contribution in [0.5, 0.6) is 5.75 Å². The molecule has 2 aromatic heterocycles. The average molecular weight is 376 g/mol. The van der Waals surface area contributed by atoms with E-state index in [1.165, 1.54) is 0 Å². The van der Waals surface area contributed by atoms with E-state index in [0.29, 0.717) is 12.3 Å². The molecule has 6 heteroatoms. The van der Waals surface area contributed by atoms with Gasteiger partial charge in [-0.25, -0.2) is 9.97 Å². The second-order valence-corrected chi connectivity index (χ2v) is 7.07. The van der Waals surface area contributed by atoms with E-state index in [-0.39, 0.29) is 5.91 Å². The third-order valence-corrected chi connectivity index (χ3v) is 5.31. The number of aromatic nitrogens is 3. The highest BCUT2D eigenvalue weighted by atomic mass is 16.5. The summed E-state index contributed by atoms with van der Waals surface area (Å²) in [7, 11) is 1.64. The van der Waals surface area contributed by atoms with E-state index in [1.54, 1.807) is 19.6 Å². The van der Waals surface area contributed by atoms with Crippen molar-refractivity contribution < 1.29 is 9.53 Å². The van der Waals surface area contributed by atoms with E-state index in [4.69, 9.17) is 9.72 Å². The Bertz CT molecular complexity index is 914. The summed E-state index contributed by atoms with van der Waals surface area (Å²) in [4.78, 5) is 23.5. The lowest BCUT2D eigenvalue weighted by Crippen LogP contribution is -2.38. The molecule has 1 saturated heterocycles. The van der Waals surface area contributed by atoms with Crippen LogP contribution < -0.4 is 4.74 Å². The van der Waals surface area contributed by atoms with Crippen LogP contribution in [-0.2, 0) is 11.2 Å². The molecule has 1 amide bonds. The van der Waals surface area contributed by atoms with Gasteiger partial charge >= 0.3 is 0 Å². The molecule has 3 aromatic rings. The first kappa shape index (κ1) is 18.2. The number of hydrogen-bond donors (Lipinski definition) is 0. The molecule has 0 unspecified atom stereocenters. The number of ether oxygens (including phenoxy) is 1. The summed E-state index contributed by atoms with van der Waals surface area (Å²) in [5.41, 5.74) is 2.11. The predicted octanol–water partition coefficient (Wildman–Crippen LogP) is 3.22. The van der Waals surface area contributed by atoms with E-state index < -0.39 is 0 Å². The molecule has 0 radical (unpaired) electrons. The zero-order valence-electron chi connectivity index (χ0n) is 16.0. The van der Waals surface area contributed by atoms with E-state index >= 15 is 0 Å². The molecular weight excluding hydrogens is 352 g/mol. The van der Waals surface area contributed by atoms with Crippen molar-refractivity contribution in [2.75, 3.05) is 20.2 Å². The van der Waals surface area contributed by atoms with E-state index in [9.17, 15) is 4.79 Å². The van der Waals surface area contributed by atoms with Gasteiger partial charge in [-0.15, -0.1) is 0 Å². The number of pyridine rings is 1. The van der Waals surface area contributed by atoms with Crippen LogP contribution in [0.3, 0.4) is 0 Å². The third kappa shape index (κ3) is 4.06. The second-order valence-electron chi connectivity index (χ2n) is 7.07. The molecule has 28 heavy (non-hydrogen) atoms. The first-order chi connectivity index (χ1) is 13.7. The van der Waals surface area contributed by atoms with Gasteiger partial charge in [-0.1, -0.05) is 18.2 Å². The minimum atomic E-state index is 0.184. The zero-order valence-corrected chi connectivity index (χ0v) is 16.0. The molecule has 0 N–H and O–H groups in total. The lowest BCUT2D eigenvalue weighted by Gasteiger charge is -2.32. The van der Waals surface area contributed by atoms with Crippen molar-refractivity contribution in [3.05, 3.63) is 72.4 Å². The van der Waals surface area contributed by atoms with Gasteiger partial charge in [0.1, 0.15) is 17.9 Å². The monoisotopic (exact) mass is 376 g/mol. The van der Waals surface area contributed by atoms with Gasteiger partial charge in [-0.2, -0.15) is 0 Å². The zero-order chi connectivity index (χ0) is 19.3. The summed E-state index contributed by atoms with van der Waals surface area (Å²) < 4.78 is 7.08. The standard InChI is InChI=1S/C22H24N4O2/c1-28-19-7-5-17(6-8-19)15-22(27)25-12-9-18(10-13-25)20-3-2-4-21(24-20)26-14-11-23-16-26/h2-8,11,14,16,18H,9-10,12-13,15H2,1H3. The van der Waals surface area contributed by atoms with Gasteiger partial charge in [0.05, 0.1) is 13.5 Å². The molecule has 144 valence electrons. The lowest BCUT2D eigenvalue weighted by atomic mass is 9.92. The molecule has 1 aliphatic rings. The van der Waals surface area contributed by atoms with Crippen LogP contribution >= 0.6 is 0 Å². The van der Waals surface area contributed by atoms with Gasteiger partial charge in [-0.05, 0) is 42.7 Å². The number of nitrogens with zero attached hydrogens (tertiary/aromatic N) is 4. The number of likely N-dealkylation sites (tertiary alicyclic amines) is 1. The highest BCUT2D eigenvalue weighted by Gasteiger charge is 2.24. The van der Waals surface area contributed by atoms with Crippen molar-refractivity contribution >= 4 is 5.91 Å².